The first-order chi connectivity index (χ1) is 6.99. The number of carbonyl (C=O) groups is 1. The van der Waals surface area contributed by atoms with E-state index < -0.39 is 0 Å². The van der Waals surface area contributed by atoms with Crippen LogP contribution in [0.25, 0.3) is 0 Å². The van der Waals surface area contributed by atoms with Crippen LogP contribution >= 0.6 is 0 Å². The van der Waals surface area contributed by atoms with Crippen molar-refractivity contribution in [2.24, 2.45) is 0 Å². The number of nitrogens with one attached hydrogen (secondary N) is 1. The summed E-state index contributed by atoms with van der Waals surface area (Å²) in [6, 6.07) is 5.80. The molecule has 15 heavy (non-hydrogen) atoms. The van der Waals surface area contributed by atoms with Gasteiger partial charge in [0.15, 0.2) is 0 Å². The van der Waals surface area contributed by atoms with Gasteiger partial charge in [-0.3, -0.25) is 4.79 Å². The van der Waals surface area contributed by atoms with Gasteiger partial charge in [0, 0.05) is 0 Å². The number of methoxy groups -OCH3 is 1. The average Bonchev–Trinajstić information content (AvgIpc) is 2.17. The smallest absolute Gasteiger partial charge is 0.211 e. The second kappa shape index (κ2) is 4.34. The number of rotatable bonds is 3. The SMILES string of the molecule is COc1cc(C(C)(C)C)ccc1NC=O. The maximum atomic E-state index is 10.4. The molecule has 0 unspecified atom stereocenters. The highest BCUT2D eigenvalue weighted by atomic mass is 16.5. The fourth-order valence-electron chi connectivity index (χ4n) is 1.34. The Labute approximate surface area is 90.4 Å². The van der Waals surface area contributed by atoms with E-state index in [1.54, 1.807) is 7.11 Å². The topological polar surface area (TPSA) is 38.3 Å². The number of carbonyl (C=O) groups excluding carboxylic acids is 1. The molecule has 0 aliphatic rings. The molecule has 0 saturated carbocycles. The molecule has 0 spiro atoms. The van der Waals surface area contributed by atoms with Crippen LogP contribution in [-0.4, -0.2) is 13.5 Å². The van der Waals surface area contributed by atoms with Gasteiger partial charge in [0.05, 0.1) is 12.8 Å². The third-order valence-corrected chi connectivity index (χ3v) is 2.28. The van der Waals surface area contributed by atoms with Gasteiger partial charge in [-0.05, 0) is 23.1 Å². The van der Waals surface area contributed by atoms with E-state index in [9.17, 15) is 4.79 Å². The van der Waals surface area contributed by atoms with Gasteiger partial charge in [0.25, 0.3) is 0 Å². The average molecular weight is 207 g/mol. The molecule has 0 aliphatic carbocycles. The number of amides is 1. The lowest BCUT2D eigenvalue weighted by Gasteiger charge is -2.20. The summed E-state index contributed by atoms with van der Waals surface area (Å²) in [4.78, 5) is 10.4. The van der Waals surface area contributed by atoms with E-state index in [4.69, 9.17) is 4.74 Å². The Bertz CT molecular complexity index is 353. The monoisotopic (exact) mass is 207 g/mol. The van der Waals surface area contributed by atoms with E-state index in [-0.39, 0.29) is 5.41 Å². The summed E-state index contributed by atoms with van der Waals surface area (Å²) in [6.45, 7) is 6.40. The van der Waals surface area contributed by atoms with Crippen molar-refractivity contribution in [3.05, 3.63) is 23.8 Å². The summed E-state index contributed by atoms with van der Waals surface area (Å²) in [5.74, 6) is 0.689. The summed E-state index contributed by atoms with van der Waals surface area (Å²) in [5, 5.41) is 2.60. The van der Waals surface area contributed by atoms with E-state index in [0.717, 1.165) is 0 Å². The summed E-state index contributed by atoms with van der Waals surface area (Å²) >= 11 is 0. The lowest BCUT2D eigenvalue weighted by molar-refractivity contribution is -0.105. The van der Waals surface area contributed by atoms with Crippen LogP contribution < -0.4 is 10.1 Å². The van der Waals surface area contributed by atoms with Crippen molar-refractivity contribution in [1.82, 2.24) is 0 Å². The number of anilines is 1. The van der Waals surface area contributed by atoms with Gasteiger partial charge in [-0.1, -0.05) is 26.8 Å². The zero-order valence-electron chi connectivity index (χ0n) is 9.63. The fourth-order valence-corrected chi connectivity index (χ4v) is 1.34. The van der Waals surface area contributed by atoms with E-state index in [0.29, 0.717) is 17.8 Å². The molecule has 0 aromatic heterocycles. The Balaban J connectivity index is 3.13. The Morgan fingerprint density at radius 2 is 2.00 bits per heavy atom. The Morgan fingerprint density at radius 1 is 1.33 bits per heavy atom. The molecule has 3 heteroatoms. The van der Waals surface area contributed by atoms with Crippen molar-refractivity contribution >= 4 is 12.1 Å². The summed E-state index contributed by atoms with van der Waals surface area (Å²) < 4.78 is 5.21. The van der Waals surface area contributed by atoms with Crippen molar-refractivity contribution in [2.45, 2.75) is 26.2 Å². The Hall–Kier alpha value is -1.51. The summed E-state index contributed by atoms with van der Waals surface area (Å²) in [6.07, 6.45) is 0.647. The van der Waals surface area contributed by atoms with Crippen molar-refractivity contribution in [2.75, 3.05) is 12.4 Å². The number of ether oxygens (including phenoxy) is 1. The zero-order chi connectivity index (χ0) is 11.5. The maximum Gasteiger partial charge on any atom is 0.211 e. The van der Waals surface area contributed by atoms with Crippen LogP contribution in [-0.2, 0) is 10.2 Å². The summed E-state index contributed by atoms with van der Waals surface area (Å²) in [5.41, 5.74) is 1.95. The van der Waals surface area contributed by atoms with Crippen LogP contribution in [0, 0.1) is 0 Å². The molecule has 1 N–H and O–H groups in total. The molecule has 0 saturated heterocycles. The molecule has 3 nitrogen and oxygen atoms in total. The highest BCUT2D eigenvalue weighted by Gasteiger charge is 2.15. The zero-order valence-corrected chi connectivity index (χ0v) is 9.63. The van der Waals surface area contributed by atoms with Gasteiger partial charge < -0.3 is 10.1 Å². The van der Waals surface area contributed by atoms with E-state index in [1.807, 2.05) is 18.2 Å². The van der Waals surface area contributed by atoms with Crippen molar-refractivity contribution in [3.63, 3.8) is 0 Å². The molecular weight excluding hydrogens is 190 g/mol. The van der Waals surface area contributed by atoms with Gasteiger partial charge in [-0.25, -0.2) is 0 Å². The molecule has 1 aromatic rings. The lowest BCUT2D eigenvalue weighted by atomic mass is 9.87. The van der Waals surface area contributed by atoms with Crippen molar-refractivity contribution in [1.29, 1.82) is 0 Å². The van der Waals surface area contributed by atoms with E-state index in [2.05, 4.69) is 26.1 Å². The number of benzene rings is 1. The molecule has 0 fully saturated rings. The van der Waals surface area contributed by atoms with Crippen molar-refractivity contribution in [3.8, 4) is 5.75 Å². The van der Waals surface area contributed by atoms with Gasteiger partial charge in [-0.2, -0.15) is 0 Å². The first-order valence-electron chi connectivity index (χ1n) is 4.87. The minimum atomic E-state index is 0.0764. The van der Waals surface area contributed by atoms with Gasteiger partial charge in [0.2, 0.25) is 6.41 Å². The van der Waals surface area contributed by atoms with Crippen LogP contribution in [0.1, 0.15) is 26.3 Å². The Kier molecular flexibility index (Phi) is 3.35. The third-order valence-electron chi connectivity index (χ3n) is 2.28. The molecule has 1 aromatic carbocycles. The molecule has 0 atom stereocenters. The normalized spacial score (nSPS) is 10.9. The van der Waals surface area contributed by atoms with Crippen molar-refractivity contribution < 1.29 is 9.53 Å². The second-order valence-corrected chi connectivity index (χ2v) is 4.43. The van der Waals surface area contributed by atoms with E-state index >= 15 is 0 Å². The minimum absolute atomic E-state index is 0.0764. The van der Waals surface area contributed by atoms with Crippen LogP contribution in [0.4, 0.5) is 5.69 Å². The Morgan fingerprint density at radius 3 is 2.47 bits per heavy atom. The lowest BCUT2D eigenvalue weighted by Crippen LogP contribution is -2.11. The van der Waals surface area contributed by atoms with Crippen LogP contribution in [0.5, 0.6) is 5.75 Å². The number of hydrogen-bond acceptors (Lipinski definition) is 2. The molecule has 1 amide bonds. The molecule has 0 bridgehead atoms. The van der Waals surface area contributed by atoms with Crippen LogP contribution in [0.3, 0.4) is 0 Å². The van der Waals surface area contributed by atoms with Gasteiger partial charge in [-0.15, -0.1) is 0 Å². The van der Waals surface area contributed by atoms with E-state index in [1.165, 1.54) is 5.56 Å². The minimum Gasteiger partial charge on any atom is -0.495 e. The maximum absolute atomic E-state index is 10.4. The molecule has 0 radical (unpaired) electrons. The number of hydrogen-bond donors (Lipinski definition) is 1. The third kappa shape index (κ3) is 2.72. The van der Waals surface area contributed by atoms with Gasteiger partial charge in [0.1, 0.15) is 5.75 Å². The quantitative estimate of drug-likeness (QED) is 0.773. The first kappa shape index (κ1) is 11.6. The van der Waals surface area contributed by atoms with Crippen LogP contribution in [0.15, 0.2) is 18.2 Å². The molecule has 0 aliphatic heterocycles. The first-order valence-corrected chi connectivity index (χ1v) is 4.87. The molecule has 1 rings (SSSR count). The predicted octanol–water partition coefficient (Wildman–Crippen LogP) is 2.56. The molecule has 0 heterocycles. The summed E-state index contributed by atoms with van der Waals surface area (Å²) in [7, 11) is 1.59. The molecule has 82 valence electrons. The van der Waals surface area contributed by atoms with Crippen LogP contribution in [0.2, 0.25) is 0 Å². The largest absolute Gasteiger partial charge is 0.495 e. The van der Waals surface area contributed by atoms with Gasteiger partial charge >= 0.3 is 0 Å². The highest BCUT2D eigenvalue weighted by Crippen LogP contribution is 2.31. The predicted molar refractivity (Wildman–Crippen MR) is 61.4 cm³/mol. The standard InChI is InChI=1S/C12H17NO2/c1-12(2,3)9-5-6-10(13-8-14)11(7-9)15-4/h5-8H,1-4H3,(H,13,14). The highest BCUT2D eigenvalue weighted by molar-refractivity contribution is 5.75. The molecular formula is C12H17NO2. The second-order valence-electron chi connectivity index (χ2n) is 4.43. The fraction of sp³-hybridized carbons (Fsp3) is 0.417.